The monoisotopic (exact) mass is 363 g/mol. The smallest absolute Gasteiger partial charge is 0.314 e. The predicted octanol–water partition coefficient (Wildman–Crippen LogP) is 5.07. The Balaban J connectivity index is 0. The van der Waals surface area contributed by atoms with Gasteiger partial charge in [0.2, 0.25) is 0 Å². The van der Waals surface area contributed by atoms with Gasteiger partial charge in [0, 0.05) is 0 Å². The van der Waals surface area contributed by atoms with Crippen molar-refractivity contribution in [2.24, 2.45) is 0 Å². The molecule has 0 heterocycles. The van der Waals surface area contributed by atoms with Crippen molar-refractivity contribution >= 4 is 29.7 Å². The van der Waals surface area contributed by atoms with Crippen LogP contribution in [0.2, 0.25) is 0 Å². The minimum atomic E-state index is -3.13. The van der Waals surface area contributed by atoms with Gasteiger partial charge in [0.15, 0.2) is 0 Å². The minimum absolute atomic E-state index is 0.706. The second-order valence-electron chi connectivity index (χ2n) is 4.54. The minimum Gasteiger partial charge on any atom is -0.326 e. The van der Waals surface area contributed by atoms with E-state index >= 15 is 0 Å². The Morgan fingerprint density at radius 2 is 1.11 bits per heavy atom. The van der Waals surface area contributed by atoms with Gasteiger partial charge in [-0.1, -0.05) is 61.5 Å². The molecule has 0 rings (SSSR count). The maximum absolute atomic E-state index is 8.74. The van der Waals surface area contributed by atoms with Gasteiger partial charge in [-0.15, -0.1) is 0 Å². The SMILES string of the molecule is CCCC[P](Br)(CCCC)CCCC.O=[PH](O)O. The van der Waals surface area contributed by atoms with E-state index in [9.17, 15) is 0 Å². The lowest BCUT2D eigenvalue weighted by molar-refractivity contribution is 0.405. The molecule has 0 saturated carbocycles. The molecule has 0 unspecified atom stereocenters. The second kappa shape index (κ2) is 14.5. The van der Waals surface area contributed by atoms with Crippen molar-refractivity contribution in [2.75, 3.05) is 18.5 Å². The molecule has 3 nitrogen and oxygen atoms in total. The van der Waals surface area contributed by atoms with Crippen LogP contribution in [-0.4, -0.2) is 28.3 Å². The Kier molecular flexibility index (Phi) is 17.2. The molecular formula is C12H30BrO3P2. The largest absolute Gasteiger partial charge is 0.326 e. The van der Waals surface area contributed by atoms with E-state index in [-0.39, 0.29) is 0 Å². The molecule has 113 valence electrons. The lowest BCUT2D eigenvalue weighted by Crippen LogP contribution is -2.02. The Labute approximate surface area is 122 Å². The van der Waals surface area contributed by atoms with E-state index in [0.717, 1.165) is 0 Å². The maximum atomic E-state index is 8.74. The van der Waals surface area contributed by atoms with E-state index in [4.69, 9.17) is 14.4 Å². The molecule has 0 atom stereocenters. The quantitative estimate of drug-likeness (QED) is 0.562. The van der Waals surface area contributed by atoms with Crippen LogP contribution in [-0.2, 0) is 4.57 Å². The van der Waals surface area contributed by atoms with Crippen LogP contribution in [0, 0.1) is 0 Å². The average Bonchev–Trinajstić information content (AvgIpc) is 2.31. The number of hydrogen-bond donors (Lipinski definition) is 2. The summed E-state index contributed by atoms with van der Waals surface area (Å²) in [5.74, 6) is -0.706. The zero-order valence-corrected chi connectivity index (χ0v) is 15.5. The summed E-state index contributed by atoms with van der Waals surface area (Å²) in [5, 5.41) is 0. The van der Waals surface area contributed by atoms with E-state index in [1.54, 1.807) is 0 Å². The van der Waals surface area contributed by atoms with Crippen LogP contribution >= 0.6 is 29.7 Å². The van der Waals surface area contributed by atoms with E-state index in [1.807, 2.05) is 0 Å². The normalized spacial score (nSPS) is 11.3. The van der Waals surface area contributed by atoms with E-state index in [0.29, 0.717) is 0 Å². The Hall–Kier alpha value is 1.06. The van der Waals surface area contributed by atoms with Gasteiger partial charge < -0.3 is 9.79 Å². The molecule has 0 aromatic rings. The fraction of sp³-hybridized carbons (Fsp3) is 1.00. The molecular weight excluding hydrogens is 334 g/mol. The molecule has 0 amide bonds. The van der Waals surface area contributed by atoms with Crippen molar-refractivity contribution in [1.82, 2.24) is 0 Å². The van der Waals surface area contributed by atoms with Crippen molar-refractivity contribution in [3.05, 3.63) is 0 Å². The van der Waals surface area contributed by atoms with Crippen LogP contribution < -0.4 is 0 Å². The average molecular weight is 364 g/mol. The van der Waals surface area contributed by atoms with Gasteiger partial charge in [-0.3, -0.25) is 4.57 Å². The molecule has 2 N–H and O–H groups in total. The van der Waals surface area contributed by atoms with Crippen molar-refractivity contribution in [3.63, 3.8) is 0 Å². The van der Waals surface area contributed by atoms with Crippen molar-refractivity contribution < 1.29 is 14.4 Å². The van der Waals surface area contributed by atoms with Crippen LogP contribution in [0.4, 0.5) is 0 Å². The van der Waals surface area contributed by atoms with Gasteiger partial charge in [0.1, 0.15) is 0 Å². The molecule has 0 aromatic heterocycles. The third kappa shape index (κ3) is 17.1. The molecule has 0 fully saturated rings. The first-order valence-electron chi connectivity index (χ1n) is 6.89. The highest BCUT2D eigenvalue weighted by molar-refractivity contribution is 9.42. The fourth-order valence-corrected chi connectivity index (χ4v) is 7.24. The molecule has 6 heteroatoms. The zero-order chi connectivity index (χ0) is 14.4. The highest BCUT2D eigenvalue weighted by atomic mass is 79.9. The first kappa shape index (κ1) is 21.4. The molecule has 1 radical (unpaired) electrons. The van der Waals surface area contributed by atoms with Crippen molar-refractivity contribution in [2.45, 2.75) is 59.3 Å². The summed E-state index contributed by atoms with van der Waals surface area (Å²) >= 11 is 4.10. The number of halogens is 1. The number of hydrogen-bond acceptors (Lipinski definition) is 1. The Bertz CT molecular complexity index is 178. The molecule has 0 aromatic carbocycles. The summed E-state index contributed by atoms with van der Waals surface area (Å²) in [6.45, 7) is 6.91. The predicted molar refractivity (Wildman–Crippen MR) is 88.6 cm³/mol. The molecule has 18 heavy (non-hydrogen) atoms. The van der Waals surface area contributed by atoms with Crippen LogP contribution in [0.5, 0.6) is 0 Å². The van der Waals surface area contributed by atoms with Crippen LogP contribution in [0.1, 0.15) is 59.3 Å². The van der Waals surface area contributed by atoms with Gasteiger partial charge in [-0.25, -0.2) is 0 Å². The summed E-state index contributed by atoms with van der Waals surface area (Å²) in [6, 6.07) is 0. The van der Waals surface area contributed by atoms with Gasteiger partial charge in [0.05, 0.1) is 0 Å². The summed E-state index contributed by atoms with van der Waals surface area (Å²) < 4.78 is 8.74. The number of rotatable bonds is 9. The van der Waals surface area contributed by atoms with Crippen LogP contribution in [0.25, 0.3) is 0 Å². The molecule has 0 bridgehead atoms. The molecule has 0 saturated heterocycles. The molecule has 0 spiro atoms. The molecule has 0 aliphatic rings. The molecule has 0 aliphatic carbocycles. The van der Waals surface area contributed by atoms with Gasteiger partial charge in [-0.05, 0) is 37.7 Å². The number of unbranched alkanes of at least 4 members (excludes halogenated alkanes) is 3. The highest BCUT2D eigenvalue weighted by Crippen LogP contribution is 2.67. The topological polar surface area (TPSA) is 57.5 Å². The van der Waals surface area contributed by atoms with Gasteiger partial charge in [-0.2, -0.15) is 0 Å². The first-order valence-corrected chi connectivity index (χ1v) is 12.6. The van der Waals surface area contributed by atoms with Gasteiger partial charge in [0.25, 0.3) is 0 Å². The third-order valence-electron chi connectivity index (χ3n) is 2.74. The highest BCUT2D eigenvalue weighted by Gasteiger charge is 2.21. The summed E-state index contributed by atoms with van der Waals surface area (Å²) in [6.07, 6.45) is 12.8. The maximum Gasteiger partial charge on any atom is 0.314 e. The summed E-state index contributed by atoms with van der Waals surface area (Å²) in [5.41, 5.74) is 0. The summed E-state index contributed by atoms with van der Waals surface area (Å²) in [7, 11) is -3.13. The third-order valence-corrected chi connectivity index (χ3v) is 9.28. The van der Waals surface area contributed by atoms with E-state index in [1.165, 1.54) is 57.0 Å². The Morgan fingerprint density at radius 1 is 0.889 bits per heavy atom. The second-order valence-corrected chi connectivity index (χ2v) is 13.0. The first-order chi connectivity index (χ1) is 8.41. The molecule has 0 aliphatic heterocycles. The van der Waals surface area contributed by atoms with Crippen LogP contribution in [0.3, 0.4) is 0 Å². The van der Waals surface area contributed by atoms with Crippen molar-refractivity contribution in [3.8, 4) is 0 Å². The van der Waals surface area contributed by atoms with E-state index in [2.05, 4.69) is 36.3 Å². The fourth-order valence-electron chi connectivity index (χ4n) is 1.66. The van der Waals surface area contributed by atoms with Gasteiger partial charge >= 0.3 is 8.25 Å². The zero-order valence-electron chi connectivity index (χ0n) is 12.0. The summed E-state index contributed by atoms with van der Waals surface area (Å²) in [4.78, 5) is 14.3. The van der Waals surface area contributed by atoms with Crippen LogP contribution in [0.15, 0.2) is 0 Å². The van der Waals surface area contributed by atoms with E-state index < -0.39 is 14.2 Å². The Morgan fingerprint density at radius 3 is 1.28 bits per heavy atom. The lowest BCUT2D eigenvalue weighted by Gasteiger charge is -2.30. The lowest BCUT2D eigenvalue weighted by atomic mass is 10.4. The van der Waals surface area contributed by atoms with Crippen molar-refractivity contribution in [1.29, 1.82) is 0 Å². The standard InChI is InChI=1S/C12H27BrP.H3O3P/c1-4-7-10-14(13,11-8-5-2)12-9-6-3;1-4(2)3/h4-12H2,1-3H3;4H,(H2,1,2,3).